The van der Waals surface area contributed by atoms with E-state index in [1.807, 2.05) is 0 Å². The van der Waals surface area contributed by atoms with Crippen molar-refractivity contribution < 1.29 is 19.1 Å². The van der Waals surface area contributed by atoms with Gasteiger partial charge in [-0.2, -0.15) is 0 Å². The minimum Gasteiger partial charge on any atom is -0.496 e. The molecule has 0 fully saturated rings. The molecule has 1 heterocycles. The van der Waals surface area contributed by atoms with Gasteiger partial charge in [-0.15, -0.1) is 0 Å². The number of carbonyl (C=O) groups is 3. The van der Waals surface area contributed by atoms with Gasteiger partial charge in [-0.1, -0.05) is 22.9 Å². The van der Waals surface area contributed by atoms with Crippen LogP contribution >= 0.6 is 22.9 Å². The SMILES string of the molecule is COc1ccc(Cl)cc1C(=O)CCC(=O)Nc1nc(C)c(C(=O)N(C)C)s1. The molecule has 0 aliphatic rings. The van der Waals surface area contributed by atoms with E-state index in [0.29, 0.717) is 32.0 Å². The molecule has 0 unspecified atom stereocenters. The Hall–Kier alpha value is -2.45. The Morgan fingerprint density at radius 3 is 2.59 bits per heavy atom. The highest BCUT2D eigenvalue weighted by Gasteiger charge is 2.19. The predicted molar refractivity (Wildman–Crippen MR) is 105 cm³/mol. The first-order valence-electron chi connectivity index (χ1n) is 8.08. The zero-order valence-electron chi connectivity index (χ0n) is 15.5. The summed E-state index contributed by atoms with van der Waals surface area (Å²) in [7, 11) is 4.76. The van der Waals surface area contributed by atoms with Crippen LogP contribution in [0.4, 0.5) is 5.13 Å². The van der Waals surface area contributed by atoms with E-state index in [1.54, 1.807) is 33.2 Å². The monoisotopic (exact) mass is 409 g/mol. The third kappa shape index (κ3) is 5.27. The number of hydrogen-bond acceptors (Lipinski definition) is 6. The van der Waals surface area contributed by atoms with E-state index < -0.39 is 0 Å². The Labute approximate surface area is 166 Å². The smallest absolute Gasteiger partial charge is 0.265 e. The molecule has 2 aromatic rings. The number of amides is 2. The van der Waals surface area contributed by atoms with Crippen molar-refractivity contribution >= 4 is 45.7 Å². The summed E-state index contributed by atoms with van der Waals surface area (Å²) in [5.41, 5.74) is 0.885. The number of thiazole rings is 1. The van der Waals surface area contributed by atoms with Crippen molar-refractivity contribution in [2.24, 2.45) is 0 Å². The highest BCUT2D eigenvalue weighted by molar-refractivity contribution is 7.17. The summed E-state index contributed by atoms with van der Waals surface area (Å²) in [4.78, 5) is 42.7. The van der Waals surface area contributed by atoms with E-state index in [0.717, 1.165) is 11.3 Å². The quantitative estimate of drug-likeness (QED) is 0.708. The minimum absolute atomic E-state index is 0.00359. The summed E-state index contributed by atoms with van der Waals surface area (Å²) in [6, 6.07) is 4.75. The van der Waals surface area contributed by atoms with Gasteiger partial charge < -0.3 is 15.0 Å². The number of rotatable bonds is 7. The summed E-state index contributed by atoms with van der Waals surface area (Å²) < 4.78 is 5.16. The zero-order valence-corrected chi connectivity index (χ0v) is 17.0. The maximum Gasteiger partial charge on any atom is 0.265 e. The first kappa shape index (κ1) is 20.9. The van der Waals surface area contributed by atoms with Crippen LogP contribution in [0.5, 0.6) is 5.75 Å². The van der Waals surface area contributed by atoms with Crippen LogP contribution in [0.2, 0.25) is 5.02 Å². The molecule has 2 rings (SSSR count). The fraction of sp³-hybridized carbons (Fsp3) is 0.333. The van der Waals surface area contributed by atoms with E-state index in [4.69, 9.17) is 16.3 Å². The number of Topliss-reactive ketones (excluding diaryl/α,β-unsaturated/α-hetero) is 1. The van der Waals surface area contributed by atoms with Crippen LogP contribution in [0, 0.1) is 6.92 Å². The van der Waals surface area contributed by atoms with E-state index in [1.165, 1.54) is 18.1 Å². The summed E-state index contributed by atoms with van der Waals surface area (Å²) in [6.45, 7) is 1.71. The van der Waals surface area contributed by atoms with Crippen molar-refractivity contribution in [3.8, 4) is 5.75 Å². The number of anilines is 1. The Kier molecular flexibility index (Phi) is 6.92. The normalized spacial score (nSPS) is 10.4. The minimum atomic E-state index is -0.359. The molecule has 1 N–H and O–H groups in total. The lowest BCUT2D eigenvalue weighted by Crippen LogP contribution is -2.21. The number of carbonyl (C=O) groups excluding carboxylic acids is 3. The molecular formula is C18H20ClN3O4S. The van der Waals surface area contributed by atoms with Gasteiger partial charge in [0.05, 0.1) is 18.4 Å². The lowest BCUT2D eigenvalue weighted by molar-refractivity contribution is -0.116. The van der Waals surface area contributed by atoms with Gasteiger partial charge in [-0.25, -0.2) is 4.98 Å². The van der Waals surface area contributed by atoms with E-state index >= 15 is 0 Å². The van der Waals surface area contributed by atoms with Crippen LogP contribution in [-0.2, 0) is 4.79 Å². The molecule has 7 nitrogen and oxygen atoms in total. The molecule has 9 heteroatoms. The van der Waals surface area contributed by atoms with Gasteiger partial charge in [0.25, 0.3) is 5.91 Å². The van der Waals surface area contributed by atoms with Crippen molar-refractivity contribution in [1.82, 2.24) is 9.88 Å². The molecule has 0 atom stereocenters. The molecule has 1 aromatic carbocycles. The number of aromatic nitrogens is 1. The van der Waals surface area contributed by atoms with Crippen molar-refractivity contribution in [2.75, 3.05) is 26.5 Å². The van der Waals surface area contributed by atoms with Gasteiger partial charge >= 0.3 is 0 Å². The number of hydrogen-bond donors (Lipinski definition) is 1. The van der Waals surface area contributed by atoms with Crippen molar-refractivity contribution in [1.29, 1.82) is 0 Å². The average Bonchev–Trinajstić information content (AvgIpc) is 2.98. The number of nitrogens with zero attached hydrogens (tertiary/aromatic N) is 2. The highest BCUT2D eigenvalue weighted by atomic mass is 35.5. The van der Waals surface area contributed by atoms with Crippen LogP contribution in [0.25, 0.3) is 0 Å². The second-order valence-corrected chi connectivity index (χ2v) is 7.38. The largest absolute Gasteiger partial charge is 0.496 e. The Morgan fingerprint density at radius 2 is 1.96 bits per heavy atom. The molecule has 2 amide bonds. The summed E-state index contributed by atoms with van der Waals surface area (Å²) in [5, 5.41) is 3.38. The maximum absolute atomic E-state index is 12.4. The van der Waals surface area contributed by atoms with Crippen LogP contribution in [-0.4, -0.2) is 48.7 Å². The van der Waals surface area contributed by atoms with Crippen molar-refractivity contribution in [2.45, 2.75) is 19.8 Å². The van der Waals surface area contributed by atoms with Crippen molar-refractivity contribution in [3.05, 3.63) is 39.4 Å². The van der Waals surface area contributed by atoms with Crippen LogP contribution in [0.3, 0.4) is 0 Å². The third-order valence-electron chi connectivity index (χ3n) is 3.68. The first-order valence-corrected chi connectivity index (χ1v) is 9.28. The number of ketones is 1. The van der Waals surface area contributed by atoms with Gasteiger partial charge in [0.15, 0.2) is 10.9 Å². The molecule has 144 valence electrons. The van der Waals surface area contributed by atoms with E-state index in [2.05, 4.69) is 10.3 Å². The van der Waals surface area contributed by atoms with Gasteiger partial charge in [-0.3, -0.25) is 14.4 Å². The topological polar surface area (TPSA) is 88.6 Å². The Morgan fingerprint density at radius 1 is 1.26 bits per heavy atom. The lowest BCUT2D eigenvalue weighted by Gasteiger charge is -2.08. The number of aryl methyl sites for hydroxylation is 1. The summed E-state index contributed by atoms with van der Waals surface area (Å²) in [6.07, 6.45) is -0.0273. The van der Waals surface area contributed by atoms with Gasteiger partial charge in [0.2, 0.25) is 5.91 Å². The molecule has 0 saturated heterocycles. The van der Waals surface area contributed by atoms with Gasteiger partial charge in [0.1, 0.15) is 10.6 Å². The summed E-state index contributed by atoms with van der Waals surface area (Å²) in [5.74, 6) is -0.369. The average molecular weight is 410 g/mol. The second-order valence-electron chi connectivity index (χ2n) is 5.95. The fourth-order valence-corrected chi connectivity index (χ4v) is 3.47. The number of halogens is 1. The fourth-order valence-electron chi connectivity index (χ4n) is 2.29. The van der Waals surface area contributed by atoms with Gasteiger partial charge in [-0.05, 0) is 25.1 Å². The Balaban J connectivity index is 1.99. The molecule has 0 aliphatic heterocycles. The maximum atomic E-state index is 12.4. The Bertz CT molecular complexity index is 879. The molecular weight excluding hydrogens is 390 g/mol. The highest BCUT2D eigenvalue weighted by Crippen LogP contribution is 2.25. The van der Waals surface area contributed by atoms with Crippen LogP contribution in [0.1, 0.15) is 38.6 Å². The standard InChI is InChI=1S/C18H20ClN3O4S/c1-10-16(17(25)22(2)3)27-18(20-10)21-15(24)8-6-13(23)12-9-11(19)5-7-14(12)26-4/h5,7,9H,6,8H2,1-4H3,(H,20,21,24). The molecule has 0 bridgehead atoms. The molecule has 27 heavy (non-hydrogen) atoms. The van der Waals surface area contributed by atoms with E-state index in [9.17, 15) is 14.4 Å². The number of benzene rings is 1. The molecule has 0 radical (unpaired) electrons. The molecule has 0 spiro atoms. The number of methoxy groups -OCH3 is 1. The first-order chi connectivity index (χ1) is 12.7. The predicted octanol–water partition coefficient (Wildman–Crippen LogP) is 3.42. The molecule has 0 saturated carbocycles. The summed E-state index contributed by atoms with van der Waals surface area (Å²) >= 11 is 7.03. The zero-order chi connectivity index (χ0) is 20.1. The third-order valence-corrected chi connectivity index (χ3v) is 4.98. The lowest BCUT2D eigenvalue weighted by atomic mass is 10.1. The van der Waals surface area contributed by atoms with Gasteiger partial charge in [0, 0.05) is 32.0 Å². The molecule has 1 aromatic heterocycles. The van der Waals surface area contributed by atoms with Crippen LogP contribution < -0.4 is 10.1 Å². The number of nitrogens with one attached hydrogen (secondary N) is 1. The van der Waals surface area contributed by atoms with Crippen molar-refractivity contribution in [3.63, 3.8) is 0 Å². The number of ether oxygens (including phenoxy) is 1. The van der Waals surface area contributed by atoms with Crippen LogP contribution in [0.15, 0.2) is 18.2 Å². The second kappa shape index (κ2) is 8.96. The van der Waals surface area contributed by atoms with E-state index in [-0.39, 0.29) is 30.4 Å². The molecule has 0 aliphatic carbocycles.